The van der Waals surface area contributed by atoms with E-state index >= 15 is 0 Å². The molecule has 0 fully saturated rings. The van der Waals surface area contributed by atoms with Gasteiger partial charge < -0.3 is 19.3 Å². The minimum Gasteiger partial charge on any atom is -0.493 e. The Bertz CT molecular complexity index is 632. The van der Waals surface area contributed by atoms with Crippen LogP contribution in [-0.2, 0) is 6.54 Å². The molecule has 0 amide bonds. The molecule has 0 aliphatic carbocycles. The molecule has 0 bridgehead atoms. The van der Waals surface area contributed by atoms with Crippen molar-refractivity contribution < 1.29 is 13.9 Å². The fourth-order valence-electron chi connectivity index (χ4n) is 1.92. The lowest BCUT2D eigenvalue weighted by atomic mass is 10.2. The van der Waals surface area contributed by atoms with Gasteiger partial charge in [-0.25, -0.2) is 0 Å². The lowest BCUT2D eigenvalue weighted by Gasteiger charge is -2.09. The van der Waals surface area contributed by atoms with Crippen LogP contribution in [0.4, 0.5) is 0 Å². The van der Waals surface area contributed by atoms with Gasteiger partial charge in [-0.15, -0.1) is 0 Å². The van der Waals surface area contributed by atoms with Crippen LogP contribution < -0.4 is 14.9 Å². The molecule has 0 saturated heterocycles. The quantitative estimate of drug-likeness (QED) is 0.655. The number of furan rings is 1. The van der Waals surface area contributed by atoms with Crippen LogP contribution in [-0.4, -0.2) is 19.9 Å². The third-order valence-corrected chi connectivity index (χ3v) is 3.07. The zero-order valence-electron chi connectivity index (χ0n) is 12.8. The number of hydrogen-bond donors (Lipinski definition) is 1. The Labute approximate surface area is 124 Å². The summed E-state index contributed by atoms with van der Waals surface area (Å²) in [6.07, 6.45) is 0. The molecule has 0 saturated carbocycles. The molecule has 0 spiro atoms. The Balaban J connectivity index is 2.00. The largest absolute Gasteiger partial charge is 0.493 e. The maximum Gasteiger partial charge on any atom is 0.161 e. The fourth-order valence-corrected chi connectivity index (χ4v) is 1.92. The van der Waals surface area contributed by atoms with Gasteiger partial charge in [0.2, 0.25) is 0 Å². The number of nitrogens with one attached hydrogen (secondary N) is 1. The molecule has 21 heavy (non-hydrogen) atoms. The van der Waals surface area contributed by atoms with E-state index in [-0.39, 0.29) is 0 Å². The van der Waals surface area contributed by atoms with Crippen molar-refractivity contribution in [2.75, 3.05) is 14.2 Å². The van der Waals surface area contributed by atoms with Gasteiger partial charge in [0, 0.05) is 0 Å². The summed E-state index contributed by atoms with van der Waals surface area (Å²) in [4.78, 5) is 0. The molecule has 0 aliphatic heterocycles. The van der Waals surface area contributed by atoms with Crippen molar-refractivity contribution in [3.63, 3.8) is 0 Å². The minimum absolute atomic E-state index is 0.595. The first kappa shape index (κ1) is 15.0. The molecule has 1 aromatic carbocycles. The van der Waals surface area contributed by atoms with Gasteiger partial charge in [0.25, 0.3) is 0 Å². The van der Waals surface area contributed by atoms with Crippen LogP contribution in [0.3, 0.4) is 0 Å². The second-order valence-electron chi connectivity index (χ2n) is 4.63. The van der Waals surface area contributed by atoms with Gasteiger partial charge in [0.05, 0.1) is 26.5 Å². The predicted molar refractivity (Wildman–Crippen MR) is 82.0 cm³/mol. The highest BCUT2D eigenvalue weighted by atomic mass is 16.5. The number of hydrogen-bond acceptors (Lipinski definition) is 5. The van der Waals surface area contributed by atoms with E-state index in [0.717, 1.165) is 22.8 Å². The first-order valence-electron chi connectivity index (χ1n) is 6.69. The second kappa shape index (κ2) is 6.83. The maximum absolute atomic E-state index is 5.51. The molecule has 2 aromatic rings. The van der Waals surface area contributed by atoms with Gasteiger partial charge in [-0.2, -0.15) is 5.10 Å². The molecule has 5 heteroatoms. The number of rotatable bonds is 6. The topological polar surface area (TPSA) is 56.0 Å². The zero-order valence-corrected chi connectivity index (χ0v) is 12.8. The summed E-state index contributed by atoms with van der Waals surface area (Å²) in [5.74, 6) is 3.07. The molecule has 112 valence electrons. The molecular weight excluding hydrogens is 268 g/mol. The number of nitrogens with zero attached hydrogens (tertiary/aromatic N) is 1. The second-order valence-corrected chi connectivity index (χ2v) is 4.63. The predicted octanol–water partition coefficient (Wildman–Crippen LogP) is 3.12. The molecule has 1 N–H and O–H groups in total. The van der Waals surface area contributed by atoms with E-state index in [0.29, 0.717) is 18.0 Å². The lowest BCUT2D eigenvalue weighted by Crippen LogP contribution is -2.09. The summed E-state index contributed by atoms with van der Waals surface area (Å²) >= 11 is 0. The normalized spacial score (nSPS) is 11.3. The van der Waals surface area contributed by atoms with Crippen molar-refractivity contribution in [2.24, 2.45) is 5.10 Å². The van der Waals surface area contributed by atoms with E-state index in [1.54, 1.807) is 14.2 Å². The Hall–Kier alpha value is -2.43. The van der Waals surface area contributed by atoms with Crippen molar-refractivity contribution >= 4 is 5.71 Å². The lowest BCUT2D eigenvalue weighted by molar-refractivity contribution is 0.354. The standard InChI is InChI=1S/C16H20N2O3/c1-11-5-7-14(21-11)12(2)18-17-10-13-6-8-15(19-3)16(9-13)20-4/h5-9,17H,10H2,1-4H3/b18-12-. The minimum atomic E-state index is 0.595. The third-order valence-electron chi connectivity index (χ3n) is 3.07. The first-order valence-corrected chi connectivity index (χ1v) is 6.69. The Morgan fingerprint density at radius 2 is 1.90 bits per heavy atom. The van der Waals surface area contributed by atoms with Crippen molar-refractivity contribution in [3.8, 4) is 11.5 Å². The summed E-state index contributed by atoms with van der Waals surface area (Å²) in [7, 11) is 3.24. The average molecular weight is 288 g/mol. The van der Waals surface area contributed by atoms with Gasteiger partial charge in [0.15, 0.2) is 11.5 Å². The van der Waals surface area contributed by atoms with Crippen LogP contribution in [0.25, 0.3) is 0 Å². The number of ether oxygens (including phenoxy) is 2. The van der Waals surface area contributed by atoms with Crippen molar-refractivity contribution in [2.45, 2.75) is 20.4 Å². The highest BCUT2D eigenvalue weighted by molar-refractivity contribution is 5.96. The number of benzene rings is 1. The SMILES string of the molecule is COc1ccc(CN/N=C(/C)c2ccc(C)o2)cc1OC. The molecule has 2 rings (SSSR count). The van der Waals surface area contributed by atoms with Crippen molar-refractivity contribution in [1.82, 2.24) is 5.43 Å². The van der Waals surface area contributed by atoms with Gasteiger partial charge in [-0.05, 0) is 43.7 Å². The molecule has 1 heterocycles. The summed E-state index contributed by atoms with van der Waals surface area (Å²) in [6, 6.07) is 9.60. The highest BCUT2D eigenvalue weighted by Crippen LogP contribution is 2.27. The van der Waals surface area contributed by atoms with E-state index < -0.39 is 0 Å². The summed E-state index contributed by atoms with van der Waals surface area (Å²) < 4.78 is 16.0. The fraction of sp³-hybridized carbons (Fsp3) is 0.312. The Kier molecular flexibility index (Phi) is 4.87. The van der Waals surface area contributed by atoms with E-state index in [4.69, 9.17) is 13.9 Å². The summed E-state index contributed by atoms with van der Waals surface area (Å²) in [6.45, 7) is 4.41. The van der Waals surface area contributed by atoms with Gasteiger partial charge >= 0.3 is 0 Å². The van der Waals surface area contributed by atoms with E-state index in [1.807, 2.05) is 44.2 Å². The smallest absolute Gasteiger partial charge is 0.161 e. The molecule has 0 radical (unpaired) electrons. The molecule has 5 nitrogen and oxygen atoms in total. The van der Waals surface area contributed by atoms with Crippen molar-refractivity contribution in [1.29, 1.82) is 0 Å². The molecule has 1 aromatic heterocycles. The molecule has 0 unspecified atom stereocenters. The molecular formula is C16H20N2O3. The van der Waals surface area contributed by atoms with Crippen LogP contribution in [0.1, 0.15) is 24.0 Å². The molecule has 0 atom stereocenters. The van der Waals surface area contributed by atoms with Crippen molar-refractivity contribution in [3.05, 3.63) is 47.4 Å². The van der Waals surface area contributed by atoms with E-state index in [9.17, 15) is 0 Å². The number of hydrazone groups is 1. The third kappa shape index (κ3) is 3.78. The summed E-state index contributed by atoms with van der Waals surface area (Å²) in [5.41, 5.74) is 4.89. The molecule has 0 aliphatic rings. The van der Waals surface area contributed by atoms with Crippen LogP contribution in [0.15, 0.2) is 39.9 Å². The van der Waals surface area contributed by atoms with Crippen LogP contribution in [0.2, 0.25) is 0 Å². The van der Waals surface area contributed by atoms with Crippen LogP contribution in [0, 0.1) is 6.92 Å². The first-order chi connectivity index (χ1) is 10.1. The zero-order chi connectivity index (χ0) is 15.2. The number of methoxy groups -OCH3 is 2. The summed E-state index contributed by atoms with van der Waals surface area (Å²) in [5, 5.41) is 4.30. The highest BCUT2D eigenvalue weighted by Gasteiger charge is 2.05. The van der Waals surface area contributed by atoms with Crippen LogP contribution in [0.5, 0.6) is 11.5 Å². The monoisotopic (exact) mass is 288 g/mol. The van der Waals surface area contributed by atoms with Gasteiger partial charge in [0.1, 0.15) is 11.5 Å². The van der Waals surface area contributed by atoms with Crippen LogP contribution >= 0.6 is 0 Å². The number of aryl methyl sites for hydroxylation is 1. The Morgan fingerprint density at radius 3 is 2.52 bits per heavy atom. The Morgan fingerprint density at radius 1 is 1.14 bits per heavy atom. The average Bonchev–Trinajstić information content (AvgIpc) is 2.93. The maximum atomic E-state index is 5.51. The van der Waals surface area contributed by atoms with Gasteiger partial charge in [-0.3, -0.25) is 0 Å². The van der Waals surface area contributed by atoms with E-state index in [2.05, 4.69) is 10.5 Å². The van der Waals surface area contributed by atoms with E-state index in [1.165, 1.54) is 0 Å². The van der Waals surface area contributed by atoms with Gasteiger partial charge in [-0.1, -0.05) is 6.07 Å².